The zero-order valence-corrected chi connectivity index (χ0v) is 12.5. The number of carbonyl (C=O) groups is 1. The van der Waals surface area contributed by atoms with Crippen molar-refractivity contribution in [2.24, 2.45) is 5.73 Å². The number of benzene rings is 1. The Kier molecular flexibility index (Phi) is 3.79. The molecule has 0 atom stereocenters. The van der Waals surface area contributed by atoms with Crippen molar-refractivity contribution in [2.75, 3.05) is 0 Å². The van der Waals surface area contributed by atoms with Crippen LogP contribution in [0.15, 0.2) is 36.7 Å². The fraction of sp³-hybridized carbons (Fsp3) is 0. The van der Waals surface area contributed by atoms with Gasteiger partial charge in [0.05, 0.1) is 22.5 Å². The number of H-pyrrole nitrogens is 1. The number of hydrogen-bond acceptors (Lipinski definition) is 4. The molecule has 7 heteroatoms. The molecule has 1 aromatic carbocycles. The van der Waals surface area contributed by atoms with Crippen molar-refractivity contribution in [2.45, 2.75) is 0 Å². The van der Waals surface area contributed by atoms with Crippen LogP contribution in [0.5, 0.6) is 0 Å². The second kappa shape index (κ2) is 5.91. The number of nitriles is 1. The molecule has 0 saturated heterocycles. The van der Waals surface area contributed by atoms with E-state index < -0.39 is 5.91 Å². The zero-order valence-electron chi connectivity index (χ0n) is 11.7. The number of halogens is 1. The highest BCUT2D eigenvalue weighted by Gasteiger charge is 2.09. The average Bonchev–Trinajstić information content (AvgIpc) is 2.95. The topological polar surface area (TPSA) is 108 Å². The fourth-order valence-electron chi connectivity index (χ4n) is 2.11. The van der Waals surface area contributed by atoms with Gasteiger partial charge in [-0.05, 0) is 18.2 Å². The molecule has 3 aromatic rings. The third-order valence-corrected chi connectivity index (χ3v) is 3.54. The number of nitrogens with zero attached hydrogens (tertiary/aromatic N) is 3. The Bertz CT molecular complexity index is 984. The van der Waals surface area contributed by atoms with Crippen LogP contribution in [0.4, 0.5) is 0 Å². The molecule has 2 heterocycles. The number of nitrogens with two attached hydrogens (primary N) is 1. The van der Waals surface area contributed by atoms with E-state index in [1.807, 2.05) is 6.07 Å². The predicted octanol–water partition coefficient (Wildman–Crippen LogP) is 2.65. The summed E-state index contributed by atoms with van der Waals surface area (Å²) in [5.74, 6) is -0.540. The Labute approximate surface area is 136 Å². The summed E-state index contributed by atoms with van der Waals surface area (Å²) in [6.45, 7) is 0. The Balaban J connectivity index is 2.09. The van der Waals surface area contributed by atoms with Crippen LogP contribution in [0.2, 0.25) is 5.02 Å². The van der Waals surface area contributed by atoms with Gasteiger partial charge in [-0.15, -0.1) is 0 Å². The van der Waals surface area contributed by atoms with Crippen molar-refractivity contribution in [3.63, 3.8) is 0 Å². The number of amides is 1. The van der Waals surface area contributed by atoms with Crippen LogP contribution in [0.1, 0.15) is 11.1 Å². The fourth-order valence-corrected chi connectivity index (χ4v) is 2.34. The first-order valence-corrected chi connectivity index (χ1v) is 6.98. The highest BCUT2D eigenvalue weighted by molar-refractivity contribution is 6.32. The van der Waals surface area contributed by atoms with Gasteiger partial charge in [0.1, 0.15) is 11.6 Å². The Morgan fingerprint density at radius 2 is 2.26 bits per heavy atom. The molecule has 0 bridgehead atoms. The van der Waals surface area contributed by atoms with Gasteiger partial charge in [0.15, 0.2) is 5.65 Å². The minimum Gasteiger partial charge on any atom is -0.366 e. The average molecular weight is 324 g/mol. The smallest absolute Gasteiger partial charge is 0.241 e. The Morgan fingerprint density at radius 1 is 1.43 bits per heavy atom. The molecule has 2 aromatic heterocycles. The molecular weight excluding hydrogens is 314 g/mol. The van der Waals surface area contributed by atoms with Gasteiger partial charge in [-0.3, -0.25) is 4.79 Å². The van der Waals surface area contributed by atoms with Crippen LogP contribution in [-0.4, -0.2) is 20.9 Å². The Hall–Kier alpha value is -3.17. The largest absolute Gasteiger partial charge is 0.366 e. The van der Waals surface area contributed by atoms with Gasteiger partial charge in [-0.1, -0.05) is 17.7 Å². The van der Waals surface area contributed by atoms with Crippen molar-refractivity contribution in [1.82, 2.24) is 15.0 Å². The molecule has 0 spiro atoms. The van der Waals surface area contributed by atoms with E-state index in [1.54, 1.807) is 36.7 Å². The maximum atomic E-state index is 10.9. The van der Waals surface area contributed by atoms with Gasteiger partial charge in [0.25, 0.3) is 0 Å². The molecule has 112 valence electrons. The predicted molar refractivity (Wildman–Crippen MR) is 87.3 cm³/mol. The van der Waals surface area contributed by atoms with E-state index >= 15 is 0 Å². The summed E-state index contributed by atoms with van der Waals surface area (Å²) in [5.41, 5.74) is 8.77. The normalized spacial score (nSPS) is 11.0. The quantitative estimate of drug-likeness (QED) is 0.722. The Morgan fingerprint density at radius 3 is 2.96 bits per heavy atom. The summed E-state index contributed by atoms with van der Waals surface area (Å²) in [4.78, 5) is 22.7. The summed E-state index contributed by atoms with van der Waals surface area (Å²) < 4.78 is 0. The number of aromatic amines is 1. The second-order valence-corrected chi connectivity index (χ2v) is 5.15. The highest BCUT2D eigenvalue weighted by atomic mass is 35.5. The van der Waals surface area contributed by atoms with Gasteiger partial charge >= 0.3 is 0 Å². The van der Waals surface area contributed by atoms with Crippen LogP contribution in [-0.2, 0) is 4.79 Å². The summed E-state index contributed by atoms with van der Waals surface area (Å²) in [5, 5.41) is 9.28. The summed E-state index contributed by atoms with van der Waals surface area (Å²) in [7, 11) is 0. The number of nitrogens with one attached hydrogen (secondary N) is 1. The first-order chi connectivity index (χ1) is 11.1. The maximum absolute atomic E-state index is 10.9. The molecule has 0 aliphatic carbocycles. The summed E-state index contributed by atoms with van der Waals surface area (Å²) in [6.07, 6.45) is 6.14. The number of aromatic nitrogens is 3. The molecule has 0 aliphatic heterocycles. The summed E-state index contributed by atoms with van der Waals surface area (Å²) in [6, 6.07) is 7.07. The van der Waals surface area contributed by atoms with Gasteiger partial charge in [0.2, 0.25) is 5.91 Å². The van der Waals surface area contributed by atoms with Gasteiger partial charge in [0, 0.05) is 23.4 Å². The SMILES string of the molecule is N#Cc1ccc(-c2cnc3[nH]cc(C=CC(N)=O)c3n2)cc1Cl. The van der Waals surface area contributed by atoms with Crippen molar-refractivity contribution in [3.8, 4) is 17.3 Å². The molecular formula is C16H10ClN5O. The maximum Gasteiger partial charge on any atom is 0.241 e. The van der Waals surface area contributed by atoms with Crippen LogP contribution in [0, 0.1) is 11.3 Å². The van der Waals surface area contributed by atoms with E-state index in [-0.39, 0.29) is 0 Å². The first kappa shape index (κ1) is 14.8. The minimum atomic E-state index is -0.540. The molecule has 3 rings (SSSR count). The monoisotopic (exact) mass is 323 g/mol. The third kappa shape index (κ3) is 2.91. The molecule has 1 amide bonds. The lowest BCUT2D eigenvalue weighted by atomic mass is 10.1. The van der Waals surface area contributed by atoms with E-state index in [4.69, 9.17) is 22.6 Å². The standard InChI is InChI=1S/C16H10ClN5O/c17-12-5-9(1-2-10(12)6-18)13-8-21-16-15(22-13)11(7-20-16)3-4-14(19)23/h1-5,7-8H,(H2,19,23)(H,20,21). The van der Waals surface area contributed by atoms with E-state index in [0.29, 0.717) is 33.0 Å². The van der Waals surface area contributed by atoms with Crippen molar-refractivity contribution >= 4 is 34.7 Å². The molecule has 0 radical (unpaired) electrons. The van der Waals surface area contributed by atoms with Crippen LogP contribution >= 0.6 is 11.6 Å². The van der Waals surface area contributed by atoms with Gasteiger partial charge in [-0.25, -0.2) is 9.97 Å². The van der Waals surface area contributed by atoms with E-state index in [2.05, 4.69) is 15.0 Å². The minimum absolute atomic E-state index is 0.356. The molecule has 3 N–H and O–H groups in total. The van der Waals surface area contributed by atoms with E-state index in [0.717, 1.165) is 5.56 Å². The number of fused-ring (bicyclic) bond motifs is 1. The molecule has 0 fully saturated rings. The molecule has 0 aliphatic rings. The lowest BCUT2D eigenvalue weighted by Gasteiger charge is -2.03. The molecule has 0 saturated carbocycles. The first-order valence-electron chi connectivity index (χ1n) is 6.60. The number of primary amides is 1. The zero-order chi connectivity index (χ0) is 16.4. The van der Waals surface area contributed by atoms with Gasteiger partial charge in [-0.2, -0.15) is 5.26 Å². The molecule has 0 unspecified atom stereocenters. The van der Waals surface area contributed by atoms with E-state index in [1.165, 1.54) is 6.08 Å². The van der Waals surface area contributed by atoms with Crippen molar-refractivity contribution in [3.05, 3.63) is 52.8 Å². The second-order valence-electron chi connectivity index (χ2n) is 4.74. The highest BCUT2D eigenvalue weighted by Crippen LogP contribution is 2.25. The lowest BCUT2D eigenvalue weighted by Crippen LogP contribution is -2.05. The third-order valence-electron chi connectivity index (χ3n) is 3.22. The van der Waals surface area contributed by atoms with Gasteiger partial charge < -0.3 is 10.7 Å². The van der Waals surface area contributed by atoms with Crippen LogP contribution in [0.3, 0.4) is 0 Å². The molecule has 23 heavy (non-hydrogen) atoms. The van der Waals surface area contributed by atoms with Crippen molar-refractivity contribution < 1.29 is 4.79 Å². The number of hydrogen-bond donors (Lipinski definition) is 2. The number of rotatable bonds is 3. The number of carbonyl (C=O) groups excluding carboxylic acids is 1. The van der Waals surface area contributed by atoms with Crippen molar-refractivity contribution in [1.29, 1.82) is 5.26 Å². The summed E-state index contributed by atoms with van der Waals surface area (Å²) >= 11 is 6.05. The van der Waals surface area contributed by atoms with E-state index in [9.17, 15) is 4.79 Å². The van der Waals surface area contributed by atoms with Crippen LogP contribution < -0.4 is 5.73 Å². The van der Waals surface area contributed by atoms with Crippen LogP contribution in [0.25, 0.3) is 28.5 Å². The molecule has 6 nitrogen and oxygen atoms in total. The lowest BCUT2D eigenvalue weighted by molar-refractivity contribution is -0.113.